The van der Waals surface area contributed by atoms with E-state index in [-0.39, 0.29) is 39.3 Å². The van der Waals surface area contributed by atoms with Crippen molar-refractivity contribution in [1.82, 2.24) is 9.55 Å². The van der Waals surface area contributed by atoms with E-state index < -0.39 is 0 Å². The number of aromatic nitrogens is 2. The molecule has 1 aliphatic rings. The summed E-state index contributed by atoms with van der Waals surface area (Å²) in [4.78, 5) is 5.33. The predicted molar refractivity (Wildman–Crippen MR) is 180 cm³/mol. The molecule has 0 fully saturated rings. The number of rotatable bonds is 7. The molecule has 6 rings (SSSR count). The monoisotopic (exact) mass is 735 g/mol. The smallest absolute Gasteiger partial charge is 0.141 e. The number of hydrogen-bond acceptors (Lipinski definition) is 1. The van der Waals surface area contributed by atoms with Gasteiger partial charge in [0.05, 0.1) is 11.0 Å². The van der Waals surface area contributed by atoms with Gasteiger partial charge in [0.15, 0.2) is 0 Å². The van der Waals surface area contributed by atoms with Crippen LogP contribution in [0.4, 0.5) is 17.1 Å². The van der Waals surface area contributed by atoms with Gasteiger partial charge in [-0.1, -0.05) is 129 Å². The zero-order valence-corrected chi connectivity index (χ0v) is 30.5. The Kier molecular flexibility index (Phi) is 10.1. The average Bonchev–Trinajstić information content (AvgIpc) is 3.51. The third-order valence-corrected chi connectivity index (χ3v) is 8.55. The maximum absolute atomic E-state index is 5.38. The zero-order valence-electron chi connectivity index (χ0n) is 26.9. The van der Waals surface area contributed by atoms with E-state index in [1.807, 2.05) is 0 Å². The third-order valence-electron chi connectivity index (χ3n) is 8.55. The van der Waals surface area contributed by atoms with Crippen molar-refractivity contribution in [1.29, 1.82) is 0 Å². The Bertz CT molecular complexity index is 1720. The van der Waals surface area contributed by atoms with E-state index in [1.54, 1.807) is 0 Å². The number of fused-ring (bicyclic) bond motifs is 2. The molecule has 0 radical (unpaired) electrons. The van der Waals surface area contributed by atoms with Crippen molar-refractivity contribution in [3.05, 3.63) is 124 Å². The molecule has 222 valence electrons. The second kappa shape index (κ2) is 13.2. The molecule has 1 atom stereocenters. The van der Waals surface area contributed by atoms with Crippen molar-refractivity contribution >= 4 is 28.1 Å². The summed E-state index contributed by atoms with van der Waals surface area (Å²) in [6, 6.07) is 26.2. The molecule has 0 saturated heterocycles. The van der Waals surface area contributed by atoms with Crippen LogP contribution >= 0.6 is 0 Å². The number of para-hydroxylation sites is 2. The first-order valence-corrected chi connectivity index (χ1v) is 14.9. The molecule has 4 nitrogen and oxygen atoms in total. The van der Waals surface area contributed by atoms with E-state index in [1.165, 1.54) is 38.9 Å². The maximum atomic E-state index is 5.38. The minimum absolute atomic E-state index is 0. The van der Waals surface area contributed by atoms with E-state index in [9.17, 15) is 0 Å². The van der Waals surface area contributed by atoms with Crippen molar-refractivity contribution in [2.24, 2.45) is 7.05 Å². The molecule has 0 amide bonds. The van der Waals surface area contributed by atoms with Crippen LogP contribution in [0, 0.1) is 21.3 Å². The first kappa shape index (κ1) is 32.7. The molecule has 0 bridgehead atoms. The zero-order chi connectivity index (χ0) is 28.8. The summed E-state index contributed by atoms with van der Waals surface area (Å²) in [5, 5.41) is 10.6. The van der Waals surface area contributed by atoms with Crippen LogP contribution in [0.15, 0.2) is 72.8 Å². The number of benzene rings is 4. The Morgan fingerprint density at radius 1 is 0.837 bits per heavy atom. The van der Waals surface area contributed by atoms with Crippen LogP contribution in [0.5, 0.6) is 0 Å². The Balaban J connectivity index is 0.00000212. The maximum Gasteiger partial charge on any atom is 0.141 e. The van der Waals surface area contributed by atoms with Gasteiger partial charge in [-0.3, -0.25) is 0 Å². The summed E-state index contributed by atoms with van der Waals surface area (Å²) >= 11 is 0. The number of hydrogen-bond donors (Lipinski definition) is 0. The van der Waals surface area contributed by atoms with E-state index in [0.717, 1.165) is 46.8 Å². The fourth-order valence-electron chi connectivity index (χ4n) is 6.35. The fourth-order valence-corrected chi connectivity index (χ4v) is 6.35. The van der Waals surface area contributed by atoms with Crippen molar-refractivity contribution in [2.45, 2.75) is 72.3 Å². The van der Waals surface area contributed by atoms with Crippen LogP contribution < -0.4 is 0 Å². The second-order valence-electron chi connectivity index (χ2n) is 12.2. The number of aryl methyl sites for hydroxylation is 4. The largest absolute Gasteiger partial charge is 0.678 e. The third kappa shape index (κ3) is 6.11. The molecule has 1 aromatic heterocycles. The molecule has 43 heavy (non-hydrogen) atoms. The van der Waals surface area contributed by atoms with Crippen LogP contribution in [0.1, 0.15) is 85.4 Å². The molecule has 0 saturated carbocycles. The first-order chi connectivity index (χ1) is 19.7. The Hall–Kier alpha value is -3.18. The summed E-state index contributed by atoms with van der Waals surface area (Å²) in [6.07, 6.45) is 2.06. The topological polar surface area (TPSA) is 46.0 Å². The molecule has 0 spiro atoms. The second-order valence-corrected chi connectivity index (χ2v) is 12.2. The van der Waals surface area contributed by atoms with Gasteiger partial charge in [0.1, 0.15) is 5.82 Å². The standard InChI is InChI=1S/C37H40N4.CH3.Hf/c1-22(2)27-14-11-15-28(23(3)4)35(27)39-32-20-24(5)21-33-36(32)40-37(41(33)7)29-16-10-13-26-18-19-31(34(26)29)38-30-17-9-8-12-25(30)6;;/h8-17,20-23,31H,18-19H2,1-7H3;1H3;/q-2;-1;. The Labute approximate surface area is 277 Å². The van der Waals surface area contributed by atoms with Crippen LogP contribution in [-0.2, 0) is 39.3 Å². The minimum Gasteiger partial charge on any atom is -0.678 e. The molecule has 5 aromatic rings. The molecule has 0 N–H and O–H groups in total. The summed E-state index contributed by atoms with van der Waals surface area (Å²) in [5.41, 5.74) is 14.0. The van der Waals surface area contributed by atoms with Gasteiger partial charge < -0.3 is 22.6 Å². The van der Waals surface area contributed by atoms with E-state index >= 15 is 0 Å². The van der Waals surface area contributed by atoms with Gasteiger partial charge in [-0.2, -0.15) is 0 Å². The summed E-state index contributed by atoms with van der Waals surface area (Å²) in [6.45, 7) is 13.3. The van der Waals surface area contributed by atoms with Gasteiger partial charge in [0, 0.05) is 38.5 Å². The molecule has 1 heterocycles. The number of imidazole rings is 1. The molecular formula is C38H43HfN4-3. The molecular weight excluding hydrogens is 691 g/mol. The van der Waals surface area contributed by atoms with Gasteiger partial charge in [-0.05, 0) is 49.3 Å². The van der Waals surface area contributed by atoms with Gasteiger partial charge in [-0.25, -0.2) is 4.98 Å². The Morgan fingerprint density at radius 3 is 2.19 bits per heavy atom. The predicted octanol–water partition coefficient (Wildman–Crippen LogP) is 11.6. The van der Waals surface area contributed by atoms with Crippen molar-refractivity contribution in [3.8, 4) is 11.4 Å². The molecule has 1 unspecified atom stereocenters. The molecule has 1 aliphatic carbocycles. The van der Waals surface area contributed by atoms with E-state index in [2.05, 4.69) is 126 Å². The SMILES string of the molecule is Cc1cc([N-]c2c(C(C)C)cccc2C(C)C)c2nc(-c3cccc4c3C([N-]c3ccccc3C)CC4)n(C)c2c1.[CH3-].[Hf]. The van der Waals surface area contributed by atoms with Crippen molar-refractivity contribution < 1.29 is 25.8 Å². The molecule has 4 aromatic carbocycles. The normalized spacial score (nSPS) is 14.0. The quantitative estimate of drug-likeness (QED) is 0.121. The van der Waals surface area contributed by atoms with Crippen molar-refractivity contribution in [3.63, 3.8) is 0 Å². The minimum atomic E-state index is 0. The molecule has 0 aliphatic heterocycles. The molecule has 5 heteroatoms. The van der Waals surface area contributed by atoms with Gasteiger partial charge in [-0.15, -0.1) is 17.1 Å². The summed E-state index contributed by atoms with van der Waals surface area (Å²) in [5.74, 6) is 1.74. The van der Waals surface area contributed by atoms with Crippen LogP contribution in [-0.4, -0.2) is 9.55 Å². The Morgan fingerprint density at radius 2 is 1.51 bits per heavy atom. The first-order valence-electron chi connectivity index (χ1n) is 14.9. The van der Waals surface area contributed by atoms with E-state index in [0.29, 0.717) is 11.8 Å². The van der Waals surface area contributed by atoms with Crippen LogP contribution in [0.2, 0.25) is 0 Å². The van der Waals surface area contributed by atoms with Gasteiger partial charge in [0.25, 0.3) is 0 Å². The average molecular weight is 734 g/mol. The van der Waals surface area contributed by atoms with Gasteiger partial charge >= 0.3 is 0 Å². The van der Waals surface area contributed by atoms with Crippen LogP contribution in [0.3, 0.4) is 0 Å². The van der Waals surface area contributed by atoms with Crippen LogP contribution in [0.25, 0.3) is 33.1 Å². The van der Waals surface area contributed by atoms with E-state index in [4.69, 9.17) is 15.6 Å². The van der Waals surface area contributed by atoms with Gasteiger partial charge in [0.2, 0.25) is 0 Å². The summed E-state index contributed by atoms with van der Waals surface area (Å²) in [7, 11) is 2.14. The number of nitrogens with zero attached hydrogens (tertiary/aromatic N) is 4. The summed E-state index contributed by atoms with van der Waals surface area (Å²) < 4.78 is 2.25. The van der Waals surface area contributed by atoms with Crippen molar-refractivity contribution in [2.75, 3.05) is 0 Å². The fraction of sp³-hybridized carbons (Fsp3) is 0.316.